The van der Waals surface area contributed by atoms with Gasteiger partial charge in [-0.3, -0.25) is 14.4 Å². The SMILES string of the molecule is Cc1ccc(CNC(=O)CCC(=O)CCC(=O)c2ccc(C)s2)c(C)c1. The molecule has 1 amide bonds. The Morgan fingerprint density at radius 2 is 1.65 bits per heavy atom. The first-order valence-corrected chi connectivity index (χ1v) is 9.61. The molecular formula is C21H25NO3S. The van der Waals surface area contributed by atoms with Crippen LogP contribution in [0.2, 0.25) is 0 Å². The zero-order chi connectivity index (χ0) is 19.1. The van der Waals surface area contributed by atoms with Gasteiger partial charge in [-0.05, 0) is 44.0 Å². The molecule has 5 heteroatoms. The van der Waals surface area contributed by atoms with E-state index in [2.05, 4.69) is 11.4 Å². The number of nitrogens with one attached hydrogen (secondary N) is 1. The first-order chi connectivity index (χ1) is 12.3. The standard InChI is InChI=1S/C21H25NO3S/c1-14-4-6-17(15(2)12-14)13-22-21(25)11-8-18(23)7-9-19(24)20-10-5-16(3)26-20/h4-6,10,12H,7-9,11,13H2,1-3H3,(H,22,25). The van der Waals surface area contributed by atoms with Crippen molar-refractivity contribution in [1.82, 2.24) is 5.32 Å². The number of thiophene rings is 1. The molecule has 0 aliphatic heterocycles. The minimum atomic E-state index is -0.140. The van der Waals surface area contributed by atoms with Gasteiger partial charge in [0.1, 0.15) is 5.78 Å². The maximum atomic E-state index is 12.0. The van der Waals surface area contributed by atoms with Crippen LogP contribution < -0.4 is 5.32 Å². The molecule has 4 nitrogen and oxygen atoms in total. The molecule has 0 aliphatic rings. The van der Waals surface area contributed by atoms with Gasteiger partial charge in [0.2, 0.25) is 5.91 Å². The number of hydrogen-bond donors (Lipinski definition) is 1. The highest BCUT2D eigenvalue weighted by Gasteiger charge is 2.12. The van der Waals surface area contributed by atoms with Gasteiger partial charge in [-0.15, -0.1) is 11.3 Å². The van der Waals surface area contributed by atoms with Crippen molar-refractivity contribution in [3.05, 3.63) is 56.8 Å². The van der Waals surface area contributed by atoms with Crippen LogP contribution >= 0.6 is 11.3 Å². The fourth-order valence-corrected chi connectivity index (χ4v) is 3.50. The van der Waals surface area contributed by atoms with Gasteiger partial charge < -0.3 is 5.32 Å². The van der Waals surface area contributed by atoms with Crippen molar-refractivity contribution in [2.24, 2.45) is 0 Å². The molecule has 1 heterocycles. The summed E-state index contributed by atoms with van der Waals surface area (Å²) < 4.78 is 0. The second-order valence-corrected chi connectivity index (χ2v) is 7.87. The number of carbonyl (C=O) groups excluding carboxylic acids is 3. The molecule has 0 spiro atoms. The summed E-state index contributed by atoms with van der Waals surface area (Å²) in [5.41, 5.74) is 3.41. The Morgan fingerprint density at radius 1 is 0.923 bits per heavy atom. The summed E-state index contributed by atoms with van der Waals surface area (Å²) in [7, 11) is 0. The van der Waals surface area contributed by atoms with E-state index in [1.54, 1.807) is 6.07 Å². The van der Waals surface area contributed by atoms with Gasteiger partial charge in [0, 0.05) is 37.1 Å². The van der Waals surface area contributed by atoms with E-state index in [4.69, 9.17) is 0 Å². The molecule has 26 heavy (non-hydrogen) atoms. The minimum Gasteiger partial charge on any atom is -0.352 e. The van der Waals surface area contributed by atoms with Crippen LogP contribution in [0, 0.1) is 20.8 Å². The monoisotopic (exact) mass is 371 g/mol. The third-order valence-corrected chi connectivity index (χ3v) is 5.29. The molecule has 0 unspecified atom stereocenters. The largest absolute Gasteiger partial charge is 0.352 e. The minimum absolute atomic E-state index is 0.00394. The molecule has 0 fully saturated rings. The van der Waals surface area contributed by atoms with Crippen LogP contribution in [0.1, 0.15) is 56.9 Å². The summed E-state index contributed by atoms with van der Waals surface area (Å²) in [5.74, 6) is -0.192. The zero-order valence-electron chi connectivity index (χ0n) is 15.6. The predicted molar refractivity (Wildman–Crippen MR) is 105 cm³/mol. The van der Waals surface area contributed by atoms with Crippen molar-refractivity contribution in [3.63, 3.8) is 0 Å². The number of ketones is 2. The van der Waals surface area contributed by atoms with Gasteiger partial charge >= 0.3 is 0 Å². The molecular weight excluding hydrogens is 346 g/mol. The van der Waals surface area contributed by atoms with Crippen molar-refractivity contribution in [3.8, 4) is 0 Å². The molecule has 0 bridgehead atoms. The highest BCUT2D eigenvalue weighted by atomic mass is 32.1. The van der Waals surface area contributed by atoms with E-state index < -0.39 is 0 Å². The van der Waals surface area contributed by atoms with E-state index in [1.807, 2.05) is 39.0 Å². The number of amides is 1. The van der Waals surface area contributed by atoms with Crippen LogP contribution in [0.3, 0.4) is 0 Å². The number of aryl methyl sites for hydroxylation is 3. The summed E-state index contributed by atoms with van der Waals surface area (Å²) in [5, 5.41) is 2.85. The van der Waals surface area contributed by atoms with E-state index in [0.29, 0.717) is 11.4 Å². The normalized spacial score (nSPS) is 10.6. The summed E-state index contributed by atoms with van der Waals surface area (Å²) in [6, 6.07) is 9.81. The predicted octanol–water partition coefficient (Wildman–Crippen LogP) is 4.30. The Morgan fingerprint density at radius 3 is 2.31 bits per heavy atom. The molecule has 1 N–H and O–H groups in total. The number of benzene rings is 1. The van der Waals surface area contributed by atoms with Crippen LogP contribution in [0.4, 0.5) is 0 Å². The topological polar surface area (TPSA) is 63.2 Å². The fraction of sp³-hybridized carbons (Fsp3) is 0.381. The lowest BCUT2D eigenvalue weighted by Gasteiger charge is -2.08. The Labute approximate surface area is 158 Å². The van der Waals surface area contributed by atoms with Crippen LogP contribution in [-0.4, -0.2) is 17.5 Å². The van der Waals surface area contributed by atoms with Gasteiger partial charge in [0.15, 0.2) is 5.78 Å². The Hall–Kier alpha value is -2.27. The summed E-state index contributed by atoms with van der Waals surface area (Å²) in [6.45, 7) is 6.47. The van der Waals surface area contributed by atoms with Gasteiger partial charge in [0.05, 0.1) is 4.88 Å². The van der Waals surface area contributed by atoms with Crippen LogP contribution in [-0.2, 0) is 16.1 Å². The average Bonchev–Trinajstić information content (AvgIpc) is 3.03. The third-order valence-electron chi connectivity index (χ3n) is 4.25. The van der Waals surface area contributed by atoms with Crippen LogP contribution in [0.25, 0.3) is 0 Å². The molecule has 0 saturated heterocycles. The van der Waals surface area contributed by atoms with E-state index in [0.717, 1.165) is 16.0 Å². The quantitative estimate of drug-likeness (QED) is 0.668. The van der Waals surface area contributed by atoms with E-state index >= 15 is 0 Å². The molecule has 2 rings (SSSR count). The smallest absolute Gasteiger partial charge is 0.220 e. The molecule has 1 aromatic carbocycles. The van der Waals surface area contributed by atoms with Gasteiger partial charge in [-0.2, -0.15) is 0 Å². The van der Waals surface area contributed by atoms with Crippen molar-refractivity contribution >= 4 is 28.8 Å². The van der Waals surface area contributed by atoms with Crippen molar-refractivity contribution in [2.75, 3.05) is 0 Å². The summed E-state index contributed by atoms with van der Waals surface area (Å²) in [6.07, 6.45) is 0.745. The maximum absolute atomic E-state index is 12.0. The maximum Gasteiger partial charge on any atom is 0.220 e. The third kappa shape index (κ3) is 6.23. The second-order valence-electron chi connectivity index (χ2n) is 6.58. The second kappa shape index (κ2) is 9.43. The summed E-state index contributed by atoms with van der Waals surface area (Å²) in [4.78, 5) is 37.6. The van der Waals surface area contributed by atoms with Gasteiger partial charge in [-0.1, -0.05) is 23.8 Å². The van der Waals surface area contributed by atoms with Crippen molar-refractivity contribution in [1.29, 1.82) is 0 Å². The highest BCUT2D eigenvalue weighted by molar-refractivity contribution is 7.14. The average molecular weight is 372 g/mol. The molecule has 138 valence electrons. The Bertz CT molecular complexity index is 807. The van der Waals surface area contributed by atoms with Crippen molar-refractivity contribution < 1.29 is 14.4 Å². The number of Topliss-reactive ketones (excluding diaryl/α,β-unsaturated/α-hetero) is 2. The zero-order valence-corrected chi connectivity index (χ0v) is 16.4. The number of hydrogen-bond acceptors (Lipinski definition) is 4. The van der Waals surface area contributed by atoms with E-state index in [9.17, 15) is 14.4 Å². The number of carbonyl (C=O) groups is 3. The first-order valence-electron chi connectivity index (χ1n) is 8.79. The van der Waals surface area contributed by atoms with E-state index in [1.165, 1.54) is 16.9 Å². The molecule has 0 radical (unpaired) electrons. The first kappa shape index (κ1) is 20.0. The lowest BCUT2D eigenvalue weighted by Crippen LogP contribution is -2.23. The lowest BCUT2D eigenvalue weighted by molar-refractivity contribution is -0.125. The fourth-order valence-electron chi connectivity index (χ4n) is 2.66. The van der Waals surface area contributed by atoms with Gasteiger partial charge in [-0.25, -0.2) is 0 Å². The molecule has 2 aromatic rings. The highest BCUT2D eigenvalue weighted by Crippen LogP contribution is 2.18. The lowest BCUT2D eigenvalue weighted by atomic mass is 10.1. The Balaban J connectivity index is 1.68. The molecule has 0 saturated carbocycles. The molecule has 0 aliphatic carbocycles. The van der Waals surface area contributed by atoms with Crippen LogP contribution in [0.5, 0.6) is 0 Å². The van der Waals surface area contributed by atoms with E-state index in [-0.39, 0.29) is 43.2 Å². The molecule has 1 aromatic heterocycles. The van der Waals surface area contributed by atoms with Gasteiger partial charge in [0.25, 0.3) is 0 Å². The van der Waals surface area contributed by atoms with Crippen molar-refractivity contribution in [2.45, 2.75) is 53.0 Å². The summed E-state index contributed by atoms with van der Waals surface area (Å²) >= 11 is 1.45. The van der Waals surface area contributed by atoms with Crippen LogP contribution in [0.15, 0.2) is 30.3 Å². The molecule has 0 atom stereocenters. The Kier molecular flexibility index (Phi) is 7.27. The number of rotatable bonds is 9.